The van der Waals surface area contributed by atoms with E-state index in [-0.39, 0.29) is 5.82 Å². The van der Waals surface area contributed by atoms with Crippen LogP contribution in [0.2, 0.25) is 0 Å². The van der Waals surface area contributed by atoms with Crippen molar-refractivity contribution in [3.05, 3.63) is 33.3 Å². The third-order valence-corrected chi connectivity index (χ3v) is 3.10. The van der Waals surface area contributed by atoms with E-state index < -0.39 is 0 Å². The van der Waals surface area contributed by atoms with Crippen molar-refractivity contribution in [2.45, 2.75) is 19.9 Å². The van der Waals surface area contributed by atoms with Gasteiger partial charge in [-0.25, -0.2) is 4.39 Å². The number of aromatic amines is 1. The van der Waals surface area contributed by atoms with Gasteiger partial charge in [-0.1, -0.05) is 22.9 Å². The van der Waals surface area contributed by atoms with E-state index in [0.29, 0.717) is 20.6 Å². The van der Waals surface area contributed by atoms with Crippen LogP contribution in [0.1, 0.15) is 13.3 Å². The van der Waals surface area contributed by atoms with E-state index in [4.69, 9.17) is 12.2 Å². The van der Waals surface area contributed by atoms with E-state index in [1.54, 1.807) is 0 Å². The maximum Gasteiger partial charge on any atom is 0.195 e. The molecule has 1 heterocycles. The van der Waals surface area contributed by atoms with Gasteiger partial charge in [0.2, 0.25) is 0 Å². The molecule has 90 valence electrons. The van der Waals surface area contributed by atoms with Gasteiger partial charge in [-0.3, -0.25) is 5.10 Å². The van der Waals surface area contributed by atoms with E-state index >= 15 is 0 Å². The Balaban J connectivity index is 2.56. The third kappa shape index (κ3) is 2.63. The summed E-state index contributed by atoms with van der Waals surface area (Å²) in [4.78, 5) is 0. The van der Waals surface area contributed by atoms with E-state index in [2.05, 4.69) is 33.1 Å². The van der Waals surface area contributed by atoms with Crippen molar-refractivity contribution in [1.29, 1.82) is 0 Å². The van der Waals surface area contributed by atoms with Gasteiger partial charge < -0.3 is 4.57 Å². The van der Waals surface area contributed by atoms with Crippen LogP contribution in [-0.4, -0.2) is 14.8 Å². The lowest BCUT2D eigenvalue weighted by Crippen LogP contribution is -2.00. The highest BCUT2D eigenvalue weighted by Crippen LogP contribution is 2.23. The summed E-state index contributed by atoms with van der Waals surface area (Å²) in [6.45, 7) is 2.82. The average molecular weight is 316 g/mol. The monoisotopic (exact) mass is 315 g/mol. The van der Waals surface area contributed by atoms with Crippen molar-refractivity contribution < 1.29 is 4.39 Å². The number of H-pyrrole nitrogens is 1. The summed E-state index contributed by atoms with van der Waals surface area (Å²) in [7, 11) is 0. The van der Waals surface area contributed by atoms with Gasteiger partial charge in [-0.05, 0) is 36.8 Å². The van der Waals surface area contributed by atoms with Crippen molar-refractivity contribution >= 4 is 28.1 Å². The highest BCUT2D eigenvalue weighted by atomic mass is 79.9. The van der Waals surface area contributed by atoms with Crippen LogP contribution in [0.15, 0.2) is 22.7 Å². The molecule has 0 aliphatic carbocycles. The van der Waals surface area contributed by atoms with Crippen molar-refractivity contribution in [3.63, 3.8) is 0 Å². The predicted octanol–water partition coefficient (Wildman–Crippen LogP) is 3.92. The highest BCUT2D eigenvalue weighted by Gasteiger charge is 2.10. The number of nitrogens with one attached hydrogen (secondary N) is 1. The smallest absolute Gasteiger partial charge is 0.195 e. The number of rotatable bonds is 3. The molecule has 1 aromatic heterocycles. The molecule has 0 unspecified atom stereocenters. The van der Waals surface area contributed by atoms with Crippen LogP contribution in [-0.2, 0) is 6.54 Å². The summed E-state index contributed by atoms with van der Waals surface area (Å²) in [5.41, 5.74) is 0.706. The van der Waals surface area contributed by atoms with Gasteiger partial charge in [0.05, 0.1) is 0 Å². The maximum absolute atomic E-state index is 13.3. The Hall–Kier alpha value is -1.01. The lowest BCUT2D eigenvalue weighted by Gasteiger charge is -2.05. The van der Waals surface area contributed by atoms with Crippen molar-refractivity contribution in [2.75, 3.05) is 0 Å². The van der Waals surface area contributed by atoms with E-state index in [9.17, 15) is 4.39 Å². The van der Waals surface area contributed by atoms with Gasteiger partial charge in [0.25, 0.3) is 0 Å². The molecule has 0 fully saturated rings. The van der Waals surface area contributed by atoms with E-state index in [0.717, 1.165) is 13.0 Å². The Labute approximate surface area is 112 Å². The van der Waals surface area contributed by atoms with Crippen molar-refractivity contribution in [2.24, 2.45) is 0 Å². The van der Waals surface area contributed by atoms with Crippen LogP contribution in [0.5, 0.6) is 0 Å². The Morgan fingerprint density at radius 3 is 2.88 bits per heavy atom. The molecule has 0 aliphatic rings. The highest BCUT2D eigenvalue weighted by molar-refractivity contribution is 9.10. The number of benzene rings is 1. The van der Waals surface area contributed by atoms with Crippen LogP contribution in [0.4, 0.5) is 4.39 Å². The van der Waals surface area contributed by atoms with Gasteiger partial charge in [0, 0.05) is 16.6 Å². The SMILES string of the molecule is CCCn1c(-c2cc(F)cc(Br)c2)n[nH]c1=S. The maximum atomic E-state index is 13.3. The molecule has 0 saturated carbocycles. The number of aromatic nitrogens is 3. The molecule has 0 aliphatic heterocycles. The van der Waals surface area contributed by atoms with E-state index in [1.165, 1.54) is 12.1 Å². The third-order valence-electron chi connectivity index (χ3n) is 2.33. The summed E-state index contributed by atoms with van der Waals surface area (Å²) in [5.74, 6) is 0.364. The molecule has 0 spiro atoms. The number of nitrogens with zero attached hydrogens (tertiary/aromatic N) is 2. The molecule has 2 rings (SSSR count). The molecule has 2 aromatic rings. The topological polar surface area (TPSA) is 33.6 Å². The normalized spacial score (nSPS) is 10.8. The summed E-state index contributed by atoms with van der Waals surface area (Å²) in [6, 6.07) is 4.68. The average Bonchev–Trinajstić information content (AvgIpc) is 2.60. The van der Waals surface area contributed by atoms with Crippen LogP contribution in [0.3, 0.4) is 0 Å². The summed E-state index contributed by atoms with van der Waals surface area (Å²) in [6.07, 6.45) is 0.942. The molecule has 1 aromatic carbocycles. The zero-order chi connectivity index (χ0) is 12.4. The van der Waals surface area contributed by atoms with Crippen LogP contribution in [0.25, 0.3) is 11.4 Å². The molecule has 3 nitrogen and oxygen atoms in total. The molecule has 6 heteroatoms. The Morgan fingerprint density at radius 1 is 1.47 bits per heavy atom. The fourth-order valence-electron chi connectivity index (χ4n) is 1.65. The van der Waals surface area contributed by atoms with E-state index in [1.807, 2.05) is 10.6 Å². The lowest BCUT2D eigenvalue weighted by atomic mass is 10.2. The molecule has 0 radical (unpaired) electrons. The molecule has 0 amide bonds. The number of hydrogen-bond acceptors (Lipinski definition) is 2. The Kier molecular flexibility index (Phi) is 3.73. The second-order valence-electron chi connectivity index (χ2n) is 3.66. The molecular weight excluding hydrogens is 305 g/mol. The van der Waals surface area contributed by atoms with Gasteiger partial charge in [0.1, 0.15) is 5.82 Å². The first-order valence-electron chi connectivity index (χ1n) is 5.23. The van der Waals surface area contributed by atoms with Gasteiger partial charge in [-0.15, -0.1) is 0 Å². The Bertz CT molecular complexity index is 570. The number of halogens is 2. The molecule has 0 saturated heterocycles. The molecule has 17 heavy (non-hydrogen) atoms. The molecule has 0 bridgehead atoms. The minimum absolute atomic E-state index is 0.300. The minimum Gasteiger partial charge on any atom is -0.300 e. The fraction of sp³-hybridized carbons (Fsp3) is 0.273. The summed E-state index contributed by atoms with van der Waals surface area (Å²) >= 11 is 8.41. The van der Waals surface area contributed by atoms with Gasteiger partial charge >= 0.3 is 0 Å². The van der Waals surface area contributed by atoms with Gasteiger partial charge in [-0.2, -0.15) is 5.10 Å². The van der Waals surface area contributed by atoms with Crippen molar-refractivity contribution in [3.8, 4) is 11.4 Å². The first-order valence-corrected chi connectivity index (χ1v) is 6.43. The summed E-state index contributed by atoms with van der Waals surface area (Å²) in [5, 5.41) is 6.88. The van der Waals surface area contributed by atoms with Crippen molar-refractivity contribution in [1.82, 2.24) is 14.8 Å². The molecular formula is C11H11BrFN3S. The quantitative estimate of drug-likeness (QED) is 0.871. The second-order valence-corrected chi connectivity index (χ2v) is 4.96. The largest absolute Gasteiger partial charge is 0.300 e. The molecule has 1 N–H and O–H groups in total. The van der Waals surface area contributed by atoms with Crippen LogP contribution < -0.4 is 0 Å². The zero-order valence-electron chi connectivity index (χ0n) is 9.20. The van der Waals surface area contributed by atoms with Crippen LogP contribution in [0, 0.1) is 10.6 Å². The first-order chi connectivity index (χ1) is 8.11. The second kappa shape index (κ2) is 5.10. The fourth-order valence-corrected chi connectivity index (χ4v) is 2.34. The predicted molar refractivity (Wildman–Crippen MR) is 70.8 cm³/mol. The standard InChI is InChI=1S/C11H11BrFN3S/c1-2-3-16-10(14-15-11(16)17)7-4-8(12)6-9(13)5-7/h4-6H,2-3H2,1H3,(H,15,17). The van der Waals surface area contributed by atoms with Gasteiger partial charge in [0.15, 0.2) is 10.6 Å². The minimum atomic E-state index is -0.300. The summed E-state index contributed by atoms with van der Waals surface area (Å²) < 4.78 is 16.4. The lowest BCUT2D eigenvalue weighted by molar-refractivity contribution is 0.626. The number of hydrogen-bond donors (Lipinski definition) is 1. The Morgan fingerprint density at radius 2 is 2.24 bits per heavy atom. The molecule has 0 atom stereocenters. The zero-order valence-corrected chi connectivity index (χ0v) is 11.6. The van der Waals surface area contributed by atoms with Crippen LogP contribution >= 0.6 is 28.1 Å². The first kappa shape index (κ1) is 12.4.